The molecule has 1 heterocycles. The van der Waals surface area contributed by atoms with Gasteiger partial charge in [-0.1, -0.05) is 11.6 Å². The molecular formula is C13H13BrClN3O2. The van der Waals surface area contributed by atoms with Crippen LogP contribution in [0.1, 0.15) is 18.7 Å². The lowest BCUT2D eigenvalue weighted by molar-refractivity contribution is -0.119. The van der Waals surface area contributed by atoms with Crippen LogP contribution in [0, 0.1) is 6.92 Å². The number of hydrogen-bond donors (Lipinski definition) is 2. The maximum Gasteiger partial charge on any atom is 0.249 e. The Kier molecular flexibility index (Phi) is 4.35. The molecule has 7 heteroatoms. The van der Waals surface area contributed by atoms with E-state index in [1.165, 1.54) is 12.1 Å². The molecular weight excluding hydrogens is 346 g/mol. The Bertz CT molecular complexity index is 657. The van der Waals surface area contributed by atoms with E-state index >= 15 is 0 Å². The van der Waals surface area contributed by atoms with Crippen molar-refractivity contribution in [2.45, 2.75) is 19.9 Å². The van der Waals surface area contributed by atoms with Crippen LogP contribution in [-0.2, 0) is 4.79 Å². The van der Waals surface area contributed by atoms with Crippen molar-refractivity contribution in [2.75, 3.05) is 5.32 Å². The standard InChI is InChI=1S/C13H13BrClN3O2/c1-7-10(14)6-16-18(7)8(2)13(20)17-11-5-9(15)3-4-12(11)19/h3-6,8,19H,1-2H3,(H,17,20). The quantitative estimate of drug-likeness (QED) is 0.825. The van der Waals surface area contributed by atoms with Crippen molar-refractivity contribution in [3.63, 3.8) is 0 Å². The fourth-order valence-corrected chi connectivity index (χ4v) is 2.19. The van der Waals surface area contributed by atoms with Gasteiger partial charge in [0.15, 0.2) is 0 Å². The Labute approximate surface area is 129 Å². The van der Waals surface area contributed by atoms with Crippen LogP contribution in [0.25, 0.3) is 0 Å². The van der Waals surface area contributed by atoms with E-state index in [1.807, 2.05) is 6.92 Å². The van der Waals surface area contributed by atoms with E-state index in [0.29, 0.717) is 5.02 Å². The average Bonchev–Trinajstić information content (AvgIpc) is 2.73. The smallest absolute Gasteiger partial charge is 0.249 e. The van der Waals surface area contributed by atoms with Gasteiger partial charge in [0.1, 0.15) is 11.8 Å². The van der Waals surface area contributed by atoms with Crippen LogP contribution in [0.15, 0.2) is 28.9 Å². The summed E-state index contributed by atoms with van der Waals surface area (Å²) in [6.07, 6.45) is 1.63. The van der Waals surface area contributed by atoms with Gasteiger partial charge in [0.25, 0.3) is 0 Å². The number of phenols is 1. The summed E-state index contributed by atoms with van der Waals surface area (Å²) in [4.78, 5) is 12.2. The van der Waals surface area contributed by atoms with Gasteiger partial charge in [-0.2, -0.15) is 5.10 Å². The fraction of sp³-hybridized carbons (Fsp3) is 0.231. The van der Waals surface area contributed by atoms with Crippen molar-refractivity contribution in [2.24, 2.45) is 0 Å². The minimum atomic E-state index is -0.514. The van der Waals surface area contributed by atoms with E-state index in [-0.39, 0.29) is 17.3 Å². The molecule has 0 bridgehead atoms. The zero-order valence-electron chi connectivity index (χ0n) is 10.9. The van der Waals surface area contributed by atoms with Crippen molar-refractivity contribution < 1.29 is 9.90 Å². The van der Waals surface area contributed by atoms with Crippen LogP contribution in [0.2, 0.25) is 5.02 Å². The van der Waals surface area contributed by atoms with E-state index in [4.69, 9.17) is 11.6 Å². The average molecular weight is 359 g/mol. The maximum atomic E-state index is 12.2. The molecule has 2 N–H and O–H groups in total. The van der Waals surface area contributed by atoms with E-state index in [0.717, 1.165) is 10.2 Å². The van der Waals surface area contributed by atoms with Gasteiger partial charge in [-0.3, -0.25) is 9.48 Å². The van der Waals surface area contributed by atoms with Gasteiger partial charge in [0, 0.05) is 5.02 Å². The molecule has 5 nitrogen and oxygen atoms in total. The lowest BCUT2D eigenvalue weighted by atomic mass is 10.2. The number of carbonyl (C=O) groups is 1. The first-order valence-corrected chi connectivity index (χ1v) is 7.06. The first-order chi connectivity index (χ1) is 9.40. The van der Waals surface area contributed by atoms with Crippen molar-refractivity contribution >= 4 is 39.1 Å². The number of amides is 1. The fourth-order valence-electron chi connectivity index (χ4n) is 1.75. The van der Waals surface area contributed by atoms with E-state index in [2.05, 4.69) is 26.3 Å². The van der Waals surface area contributed by atoms with Crippen molar-refractivity contribution in [3.8, 4) is 5.75 Å². The number of nitrogens with zero attached hydrogens (tertiary/aromatic N) is 2. The molecule has 1 aromatic heterocycles. The van der Waals surface area contributed by atoms with Crippen LogP contribution in [-0.4, -0.2) is 20.8 Å². The molecule has 0 aliphatic carbocycles. The Hall–Kier alpha value is -1.53. The summed E-state index contributed by atoms with van der Waals surface area (Å²) < 4.78 is 2.43. The summed E-state index contributed by atoms with van der Waals surface area (Å²) in [6.45, 7) is 3.58. The predicted octanol–water partition coefficient (Wildman–Crippen LogP) is 3.51. The molecule has 2 rings (SSSR count). The number of benzene rings is 1. The number of hydrogen-bond acceptors (Lipinski definition) is 3. The van der Waals surface area contributed by atoms with Gasteiger partial charge >= 0.3 is 0 Å². The van der Waals surface area contributed by atoms with Gasteiger partial charge in [0.05, 0.1) is 22.1 Å². The van der Waals surface area contributed by atoms with Crippen LogP contribution in [0.4, 0.5) is 5.69 Å². The molecule has 1 unspecified atom stereocenters. The predicted molar refractivity (Wildman–Crippen MR) is 81.1 cm³/mol. The third-order valence-electron chi connectivity index (χ3n) is 2.95. The van der Waals surface area contributed by atoms with E-state index in [9.17, 15) is 9.90 Å². The molecule has 0 saturated heterocycles. The van der Waals surface area contributed by atoms with Crippen molar-refractivity contribution in [3.05, 3.63) is 39.6 Å². The maximum absolute atomic E-state index is 12.2. The Morgan fingerprint density at radius 3 is 2.85 bits per heavy atom. The van der Waals surface area contributed by atoms with Crippen LogP contribution < -0.4 is 5.32 Å². The third-order valence-corrected chi connectivity index (χ3v) is 3.96. The van der Waals surface area contributed by atoms with Gasteiger partial charge in [-0.15, -0.1) is 0 Å². The SMILES string of the molecule is Cc1c(Br)cnn1C(C)C(=O)Nc1cc(Cl)ccc1O. The van der Waals surface area contributed by atoms with Gasteiger partial charge in [-0.05, 0) is 48.0 Å². The number of phenolic OH excluding ortho intramolecular Hbond substituents is 1. The molecule has 0 spiro atoms. The minimum Gasteiger partial charge on any atom is -0.506 e. The lowest BCUT2D eigenvalue weighted by Crippen LogP contribution is -2.25. The molecule has 2 aromatic rings. The molecule has 0 radical (unpaired) electrons. The zero-order valence-corrected chi connectivity index (χ0v) is 13.2. The van der Waals surface area contributed by atoms with Gasteiger partial charge in [-0.25, -0.2) is 0 Å². The highest BCUT2D eigenvalue weighted by atomic mass is 79.9. The molecule has 1 aromatic carbocycles. The second-order valence-corrected chi connectivity index (χ2v) is 5.64. The number of rotatable bonds is 3. The Balaban J connectivity index is 2.20. The molecule has 20 heavy (non-hydrogen) atoms. The lowest BCUT2D eigenvalue weighted by Gasteiger charge is -2.15. The summed E-state index contributed by atoms with van der Waals surface area (Å²) in [5, 5.41) is 16.9. The number of aromatic nitrogens is 2. The van der Waals surface area contributed by atoms with Crippen LogP contribution >= 0.6 is 27.5 Å². The van der Waals surface area contributed by atoms with Crippen LogP contribution in [0.5, 0.6) is 5.75 Å². The summed E-state index contributed by atoms with van der Waals surface area (Å²) in [6, 6.07) is 3.95. The summed E-state index contributed by atoms with van der Waals surface area (Å²) in [5.41, 5.74) is 1.13. The molecule has 0 aliphatic rings. The molecule has 1 atom stereocenters. The number of halogens is 2. The summed E-state index contributed by atoms with van der Waals surface area (Å²) >= 11 is 9.19. The summed E-state index contributed by atoms with van der Waals surface area (Å²) in [5.74, 6) is -0.324. The normalized spacial score (nSPS) is 12.2. The highest BCUT2D eigenvalue weighted by molar-refractivity contribution is 9.10. The summed E-state index contributed by atoms with van der Waals surface area (Å²) in [7, 11) is 0. The monoisotopic (exact) mass is 357 g/mol. The topological polar surface area (TPSA) is 67.2 Å². The van der Waals surface area contributed by atoms with Gasteiger partial charge < -0.3 is 10.4 Å². The molecule has 0 saturated carbocycles. The van der Waals surface area contributed by atoms with Crippen molar-refractivity contribution in [1.82, 2.24) is 9.78 Å². The molecule has 0 aliphatic heterocycles. The Morgan fingerprint density at radius 1 is 1.55 bits per heavy atom. The highest BCUT2D eigenvalue weighted by Crippen LogP contribution is 2.27. The molecule has 106 valence electrons. The second kappa shape index (κ2) is 5.85. The third kappa shape index (κ3) is 2.96. The van der Waals surface area contributed by atoms with E-state index in [1.54, 1.807) is 23.9 Å². The number of nitrogens with one attached hydrogen (secondary N) is 1. The minimum absolute atomic E-state index is 0.0340. The van der Waals surface area contributed by atoms with E-state index < -0.39 is 6.04 Å². The van der Waals surface area contributed by atoms with Crippen LogP contribution in [0.3, 0.4) is 0 Å². The van der Waals surface area contributed by atoms with Crippen molar-refractivity contribution in [1.29, 1.82) is 0 Å². The Morgan fingerprint density at radius 2 is 2.25 bits per heavy atom. The first-order valence-electron chi connectivity index (χ1n) is 5.89. The molecule has 1 amide bonds. The number of anilines is 1. The number of carbonyl (C=O) groups excluding carboxylic acids is 1. The number of aromatic hydroxyl groups is 1. The first kappa shape index (κ1) is 14.9. The van der Waals surface area contributed by atoms with Gasteiger partial charge in [0.2, 0.25) is 5.91 Å². The zero-order chi connectivity index (χ0) is 14.9. The highest BCUT2D eigenvalue weighted by Gasteiger charge is 2.19. The molecule has 0 fully saturated rings. The largest absolute Gasteiger partial charge is 0.506 e. The second-order valence-electron chi connectivity index (χ2n) is 4.35.